The van der Waals surface area contributed by atoms with Crippen molar-refractivity contribution in [3.63, 3.8) is 0 Å². The van der Waals surface area contributed by atoms with Crippen LogP contribution in [0.5, 0.6) is 0 Å². The van der Waals surface area contributed by atoms with Crippen LogP contribution in [0.15, 0.2) is 0 Å². The molecule has 3 atom stereocenters. The average Bonchev–Trinajstić information content (AvgIpc) is 3.36. The van der Waals surface area contributed by atoms with E-state index in [9.17, 15) is 4.79 Å². The molecule has 5 rings (SSSR count). The van der Waals surface area contributed by atoms with Crippen molar-refractivity contribution in [1.82, 2.24) is 19.9 Å². The lowest BCUT2D eigenvalue weighted by molar-refractivity contribution is -0.138. The summed E-state index contributed by atoms with van der Waals surface area (Å²) in [4.78, 5) is 15.1. The molecule has 3 aliphatic carbocycles. The number of rotatable bonds is 2. The summed E-state index contributed by atoms with van der Waals surface area (Å²) in [5.74, 6) is 2.35. The molecule has 2 heterocycles. The molecule has 0 unspecified atom stereocenters. The zero-order valence-corrected chi connectivity index (χ0v) is 14.5. The van der Waals surface area contributed by atoms with Crippen molar-refractivity contribution in [2.75, 3.05) is 13.1 Å². The highest BCUT2D eigenvalue weighted by atomic mass is 16.2. The number of carbonyl (C=O) groups excluding carboxylic acids is 1. The standard InChI is InChI=1S/C19H28N4O/c24-19(16-12-13-5-6-14(16)11-13)22-9-7-15(8-10-22)23-18-4-2-1-3-17(18)20-21-23/h13-16H,1-12H2/t13-,14+,16+/m0/s1. The molecule has 5 nitrogen and oxygen atoms in total. The predicted molar refractivity (Wildman–Crippen MR) is 90.5 cm³/mol. The molecule has 0 N–H and O–H groups in total. The van der Waals surface area contributed by atoms with E-state index in [1.54, 1.807) is 0 Å². The van der Waals surface area contributed by atoms with Crippen molar-refractivity contribution >= 4 is 5.91 Å². The number of hydrogen-bond donors (Lipinski definition) is 0. The van der Waals surface area contributed by atoms with Crippen LogP contribution in [0.3, 0.4) is 0 Å². The van der Waals surface area contributed by atoms with E-state index in [0.717, 1.165) is 44.7 Å². The van der Waals surface area contributed by atoms with E-state index in [0.29, 0.717) is 23.8 Å². The normalized spacial score (nSPS) is 33.0. The minimum Gasteiger partial charge on any atom is -0.342 e. The maximum atomic E-state index is 12.9. The molecule has 130 valence electrons. The maximum Gasteiger partial charge on any atom is 0.225 e. The summed E-state index contributed by atoms with van der Waals surface area (Å²) in [6.07, 6.45) is 12.0. The zero-order valence-electron chi connectivity index (χ0n) is 14.5. The molecule has 0 radical (unpaired) electrons. The van der Waals surface area contributed by atoms with Crippen LogP contribution in [-0.2, 0) is 17.6 Å². The zero-order chi connectivity index (χ0) is 16.1. The van der Waals surface area contributed by atoms with Gasteiger partial charge in [-0.1, -0.05) is 11.6 Å². The van der Waals surface area contributed by atoms with Gasteiger partial charge < -0.3 is 4.90 Å². The highest BCUT2D eigenvalue weighted by Crippen LogP contribution is 2.49. The fourth-order valence-corrected chi connectivity index (χ4v) is 5.79. The molecule has 1 aromatic rings. The number of aryl methyl sites for hydroxylation is 1. The number of carbonyl (C=O) groups is 1. The molecule has 2 bridgehead atoms. The first-order chi connectivity index (χ1) is 11.8. The van der Waals surface area contributed by atoms with Gasteiger partial charge in [-0.2, -0.15) is 0 Å². The average molecular weight is 328 g/mol. The Balaban J connectivity index is 1.23. The fourth-order valence-electron chi connectivity index (χ4n) is 5.79. The molecule has 1 saturated heterocycles. The molecule has 1 aromatic heterocycles. The summed E-state index contributed by atoms with van der Waals surface area (Å²) >= 11 is 0. The van der Waals surface area contributed by atoms with Crippen LogP contribution in [0.25, 0.3) is 0 Å². The number of piperidine rings is 1. The van der Waals surface area contributed by atoms with Gasteiger partial charge in [-0.05, 0) is 69.6 Å². The first-order valence-corrected chi connectivity index (χ1v) is 10.0. The minimum absolute atomic E-state index is 0.347. The molecule has 5 heteroatoms. The van der Waals surface area contributed by atoms with Crippen LogP contribution < -0.4 is 0 Å². The Kier molecular flexibility index (Phi) is 3.64. The smallest absolute Gasteiger partial charge is 0.225 e. The lowest BCUT2D eigenvalue weighted by Gasteiger charge is -2.35. The van der Waals surface area contributed by atoms with E-state index >= 15 is 0 Å². The highest BCUT2D eigenvalue weighted by Gasteiger charge is 2.44. The second-order valence-corrected chi connectivity index (χ2v) is 8.47. The van der Waals surface area contributed by atoms with E-state index in [2.05, 4.69) is 19.9 Å². The van der Waals surface area contributed by atoms with Crippen LogP contribution >= 0.6 is 0 Å². The van der Waals surface area contributed by atoms with Crippen LogP contribution in [0.4, 0.5) is 0 Å². The van der Waals surface area contributed by atoms with Gasteiger partial charge in [-0.25, -0.2) is 4.68 Å². The number of likely N-dealkylation sites (tertiary alicyclic amines) is 1. The van der Waals surface area contributed by atoms with Gasteiger partial charge >= 0.3 is 0 Å². The van der Waals surface area contributed by atoms with Crippen molar-refractivity contribution in [3.8, 4) is 0 Å². The van der Waals surface area contributed by atoms with Crippen LogP contribution in [0.1, 0.15) is 68.8 Å². The van der Waals surface area contributed by atoms with Gasteiger partial charge in [-0.3, -0.25) is 4.79 Å². The molecular weight excluding hydrogens is 300 g/mol. The lowest BCUT2D eigenvalue weighted by atomic mass is 9.87. The second kappa shape index (κ2) is 5.85. The van der Waals surface area contributed by atoms with Crippen molar-refractivity contribution < 1.29 is 4.79 Å². The van der Waals surface area contributed by atoms with Crippen molar-refractivity contribution in [2.45, 2.75) is 70.3 Å². The van der Waals surface area contributed by atoms with Crippen molar-refractivity contribution in [1.29, 1.82) is 0 Å². The van der Waals surface area contributed by atoms with Crippen molar-refractivity contribution in [3.05, 3.63) is 11.4 Å². The molecule has 24 heavy (non-hydrogen) atoms. The lowest BCUT2D eigenvalue weighted by Crippen LogP contribution is -2.43. The number of nitrogens with zero attached hydrogens (tertiary/aromatic N) is 4. The van der Waals surface area contributed by atoms with E-state index < -0.39 is 0 Å². The second-order valence-electron chi connectivity index (χ2n) is 8.47. The number of fused-ring (bicyclic) bond motifs is 3. The third kappa shape index (κ3) is 2.39. The molecule has 4 aliphatic rings. The van der Waals surface area contributed by atoms with Gasteiger partial charge in [0.2, 0.25) is 5.91 Å². The topological polar surface area (TPSA) is 51.0 Å². The van der Waals surface area contributed by atoms with Gasteiger partial charge in [0.05, 0.1) is 17.4 Å². The third-order valence-electron chi connectivity index (χ3n) is 7.13. The molecule has 3 fully saturated rings. The first kappa shape index (κ1) is 14.9. The summed E-state index contributed by atoms with van der Waals surface area (Å²) in [6, 6.07) is 0.448. The van der Waals surface area contributed by atoms with Gasteiger partial charge in [0.1, 0.15) is 0 Å². The van der Waals surface area contributed by atoms with Crippen LogP contribution in [0, 0.1) is 17.8 Å². The quantitative estimate of drug-likeness (QED) is 0.839. The van der Waals surface area contributed by atoms with E-state index in [4.69, 9.17) is 0 Å². The molecule has 2 saturated carbocycles. The number of aromatic nitrogens is 3. The monoisotopic (exact) mass is 328 g/mol. The Morgan fingerprint density at radius 2 is 1.83 bits per heavy atom. The van der Waals surface area contributed by atoms with Crippen LogP contribution in [-0.4, -0.2) is 38.9 Å². The molecule has 1 aliphatic heterocycles. The Morgan fingerprint density at radius 3 is 2.58 bits per heavy atom. The summed E-state index contributed by atoms with van der Waals surface area (Å²) in [5.41, 5.74) is 2.60. The van der Waals surface area contributed by atoms with Crippen molar-refractivity contribution in [2.24, 2.45) is 17.8 Å². The van der Waals surface area contributed by atoms with Gasteiger partial charge in [0, 0.05) is 19.0 Å². The maximum absolute atomic E-state index is 12.9. The van der Waals surface area contributed by atoms with Gasteiger partial charge in [0.15, 0.2) is 0 Å². The SMILES string of the molecule is O=C([C@@H]1C[C@H]2CC[C@@H]1C2)N1CCC(n2nnc3c2CCCC3)CC1. The Morgan fingerprint density at radius 1 is 1.00 bits per heavy atom. The van der Waals surface area contributed by atoms with Gasteiger partial charge in [-0.15, -0.1) is 5.10 Å². The molecule has 0 aromatic carbocycles. The highest BCUT2D eigenvalue weighted by molar-refractivity contribution is 5.79. The first-order valence-electron chi connectivity index (χ1n) is 10.0. The molecular formula is C19H28N4O. The largest absolute Gasteiger partial charge is 0.342 e. The van der Waals surface area contributed by atoms with E-state index in [1.165, 1.54) is 49.9 Å². The third-order valence-corrected chi connectivity index (χ3v) is 7.13. The van der Waals surface area contributed by atoms with E-state index in [-0.39, 0.29) is 0 Å². The van der Waals surface area contributed by atoms with E-state index in [1.807, 2.05) is 0 Å². The summed E-state index contributed by atoms with van der Waals surface area (Å²) in [5, 5.41) is 8.87. The van der Waals surface area contributed by atoms with Crippen LogP contribution in [0.2, 0.25) is 0 Å². The summed E-state index contributed by atoms with van der Waals surface area (Å²) < 4.78 is 2.20. The number of amides is 1. The summed E-state index contributed by atoms with van der Waals surface area (Å²) in [7, 11) is 0. The molecule has 1 amide bonds. The molecule has 0 spiro atoms. The Labute approximate surface area is 143 Å². The van der Waals surface area contributed by atoms with Gasteiger partial charge in [0.25, 0.3) is 0 Å². The summed E-state index contributed by atoms with van der Waals surface area (Å²) in [6.45, 7) is 1.82. The fraction of sp³-hybridized carbons (Fsp3) is 0.842. The predicted octanol–water partition coefficient (Wildman–Crippen LogP) is 2.76. The number of hydrogen-bond acceptors (Lipinski definition) is 3. The Bertz CT molecular complexity index is 631. The minimum atomic E-state index is 0.347. The Hall–Kier alpha value is -1.39.